The number of nitrogens with zero attached hydrogens (tertiary/aromatic N) is 2. The van der Waals surface area contributed by atoms with E-state index in [0.717, 1.165) is 18.8 Å². The molecule has 3 rings (SSSR count). The standard InChI is InChI=1S/C17H18ClN3O3/c1-23-12-4-5-15(21-7-9-24-10-8-21)14(11-12)20-17(22)13-3-2-6-19-16(13)18/h2-6,11H,7-10H2,1H3,(H,20,22). The Morgan fingerprint density at radius 3 is 2.83 bits per heavy atom. The molecule has 0 saturated carbocycles. The maximum Gasteiger partial charge on any atom is 0.258 e. The Labute approximate surface area is 145 Å². The quantitative estimate of drug-likeness (QED) is 0.862. The predicted molar refractivity (Wildman–Crippen MR) is 93.2 cm³/mol. The number of benzene rings is 1. The van der Waals surface area contributed by atoms with Crippen LogP contribution in [-0.4, -0.2) is 44.3 Å². The van der Waals surface area contributed by atoms with Gasteiger partial charge in [0, 0.05) is 25.4 Å². The van der Waals surface area contributed by atoms with E-state index in [1.807, 2.05) is 12.1 Å². The number of hydrogen-bond acceptors (Lipinski definition) is 5. The molecule has 2 heterocycles. The van der Waals surface area contributed by atoms with Crippen LogP contribution in [0.1, 0.15) is 10.4 Å². The summed E-state index contributed by atoms with van der Waals surface area (Å²) in [5.41, 5.74) is 1.92. The van der Waals surface area contributed by atoms with Crippen LogP contribution in [0.15, 0.2) is 36.5 Å². The number of anilines is 2. The lowest BCUT2D eigenvalue weighted by Crippen LogP contribution is -2.36. The average Bonchev–Trinajstić information content (AvgIpc) is 2.62. The first-order chi connectivity index (χ1) is 11.7. The van der Waals surface area contributed by atoms with Gasteiger partial charge in [-0.3, -0.25) is 4.79 Å². The third-order valence-electron chi connectivity index (χ3n) is 3.81. The fourth-order valence-electron chi connectivity index (χ4n) is 2.57. The van der Waals surface area contributed by atoms with Gasteiger partial charge in [0.15, 0.2) is 0 Å². The molecule has 1 aliphatic rings. The summed E-state index contributed by atoms with van der Waals surface area (Å²) in [6, 6.07) is 8.92. The number of halogens is 1. The van der Waals surface area contributed by atoms with Crippen molar-refractivity contribution in [2.75, 3.05) is 43.6 Å². The SMILES string of the molecule is COc1ccc(N2CCOCC2)c(NC(=O)c2cccnc2Cl)c1. The van der Waals surface area contributed by atoms with Crippen molar-refractivity contribution in [3.63, 3.8) is 0 Å². The highest BCUT2D eigenvalue weighted by molar-refractivity contribution is 6.33. The number of aromatic nitrogens is 1. The normalized spacial score (nSPS) is 14.3. The summed E-state index contributed by atoms with van der Waals surface area (Å²) >= 11 is 6.01. The Balaban J connectivity index is 1.90. The maximum atomic E-state index is 12.5. The first kappa shape index (κ1) is 16.5. The third-order valence-corrected chi connectivity index (χ3v) is 4.11. The fraction of sp³-hybridized carbons (Fsp3) is 0.294. The van der Waals surface area contributed by atoms with Crippen molar-refractivity contribution >= 4 is 28.9 Å². The van der Waals surface area contributed by atoms with Crippen LogP contribution in [0.5, 0.6) is 5.75 Å². The second-order valence-electron chi connectivity index (χ2n) is 5.28. The molecule has 1 saturated heterocycles. The van der Waals surface area contributed by atoms with Crippen molar-refractivity contribution in [3.05, 3.63) is 47.2 Å². The van der Waals surface area contributed by atoms with Gasteiger partial charge in [0.1, 0.15) is 10.9 Å². The molecule has 0 atom stereocenters. The van der Waals surface area contributed by atoms with Gasteiger partial charge < -0.3 is 19.7 Å². The van der Waals surface area contributed by atoms with E-state index >= 15 is 0 Å². The lowest BCUT2D eigenvalue weighted by Gasteiger charge is -2.30. The van der Waals surface area contributed by atoms with E-state index < -0.39 is 0 Å². The number of carbonyl (C=O) groups excluding carboxylic acids is 1. The molecule has 7 heteroatoms. The van der Waals surface area contributed by atoms with Gasteiger partial charge in [0.25, 0.3) is 5.91 Å². The lowest BCUT2D eigenvalue weighted by atomic mass is 10.2. The fourth-order valence-corrected chi connectivity index (χ4v) is 2.77. The molecule has 2 aromatic rings. The van der Waals surface area contributed by atoms with E-state index in [-0.39, 0.29) is 11.1 Å². The smallest absolute Gasteiger partial charge is 0.258 e. The molecule has 24 heavy (non-hydrogen) atoms. The van der Waals surface area contributed by atoms with Crippen LogP contribution in [0.4, 0.5) is 11.4 Å². The van der Waals surface area contributed by atoms with Crippen LogP contribution >= 0.6 is 11.6 Å². The Kier molecular flexibility index (Phi) is 5.17. The highest BCUT2D eigenvalue weighted by Crippen LogP contribution is 2.31. The molecule has 0 aliphatic carbocycles. The van der Waals surface area contributed by atoms with E-state index in [2.05, 4.69) is 15.2 Å². The van der Waals surface area contributed by atoms with Crippen molar-refractivity contribution in [1.82, 2.24) is 4.98 Å². The molecule has 1 aromatic carbocycles. The Hall–Kier alpha value is -2.31. The Morgan fingerprint density at radius 1 is 1.33 bits per heavy atom. The summed E-state index contributed by atoms with van der Waals surface area (Å²) in [6.45, 7) is 2.85. The zero-order chi connectivity index (χ0) is 16.9. The van der Waals surface area contributed by atoms with E-state index in [1.54, 1.807) is 31.5 Å². The molecule has 1 N–H and O–H groups in total. The molecule has 126 valence electrons. The maximum absolute atomic E-state index is 12.5. The van der Waals surface area contributed by atoms with E-state index in [0.29, 0.717) is 30.2 Å². The number of nitrogens with one attached hydrogen (secondary N) is 1. The van der Waals surface area contributed by atoms with E-state index in [9.17, 15) is 4.79 Å². The number of carbonyl (C=O) groups is 1. The van der Waals surface area contributed by atoms with Crippen molar-refractivity contribution in [1.29, 1.82) is 0 Å². The molecule has 1 aliphatic heterocycles. The predicted octanol–water partition coefficient (Wildman–Crippen LogP) is 2.83. The second kappa shape index (κ2) is 7.51. The van der Waals surface area contributed by atoms with Crippen LogP contribution in [0.2, 0.25) is 5.15 Å². The van der Waals surface area contributed by atoms with E-state index in [1.165, 1.54) is 0 Å². The molecule has 0 radical (unpaired) electrons. The van der Waals surface area contributed by atoms with Crippen LogP contribution in [-0.2, 0) is 4.74 Å². The third kappa shape index (κ3) is 3.60. The number of morpholine rings is 1. The topological polar surface area (TPSA) is 63.7 Å². The molecule has 0 spiro atoms. The number of amides is 1. The van der Waals surface area contributed by atoms with Gasteiger partial charge in [0.2, 0.25) is 0 Å². The molecule has 1 amide bonds. The van der Waals surface area contributed by atoms with Gasteiger partial charge in [-0.15, -0.1) is 0 Å². The summed E-state index contributed by atoms with van der Waals surface area (Å²) in [7, 11) is 1.59. The molecule has 0 unspecified atom stereocenters. The highest BCUT2D eigenvalue weighted by Gasteiger charge is 2.18. The van der Waals surface area contributed by atoms with Crippen molar-refractivity contribution in [3.8, 4) is 5.75 Å². The summed E-state index contributed by atoms with van der Waals surface area (Å²) in [4.78, 5) is 18.7. The summed E-state index contributed by atoms with van der Waals surface area (Å²) < 4.78 is 10.7. The zero-order valence-corrected chi connectivity index (χ0v) is 14.0. The minimum absolute atomic E-state index is 0.172. The summed E-state index contributed by atoms with van der Waals surface area (Å²) in [5.74, 6) is 0.357. The van der Waals surface area contributed by atoms with Crippen molar-refractivity contribution < 1.29 is 14.3 Å². The second-order valence-corrected chi connectivity index (χ2v) is 5.64. The van der Waals surface area contributed by atoms with Crippen molar-refractivity contribution in [2.24, 2.45) is 0 Å². The minimum Gasteiger partial charge on any atom is -0.497 e. The van der Waals surface area contributed by atoms with Crippen LogP contribution < -0.4 is 15.0 Å². The van der Waals surface area contributed by atoms with Crippen LogP contribution in [0.3, 0.4) is 0 Å². The van der Waals surface area contributed by atoms with Gasteiger partial charge >= 0.3 is 0 Å². The Bertz CT molecular complexity index is 733. The average molecular weight is 348 g/mol. The van der Waals surface area contributed by atoms with Crippen LogP contribution in [0, 0.1) is 0 Å². The molecular weight excluding hydrogens is 330 g/mol. The van der Waals surface area contributed by atoms with Crippen molar-refractivity contribution in [2.45, 2.75) is 0 Å². The first-order valence-electron chi connectivity index (χ1n) is 7.61. The van der Waals surface area contributed by atoms with Gasteiger partial charge in [0.05, 0.1) is 37.3 Å². The molecular formula is C17H18ClN3O3. The van der Waals surface area contributed by atoms with Gasteiger partial charge in [-0.2, -0.15) is 0 Å². The monoisotopic (exact) mass is 347 g/mol. The number of rotatable bonds is 4. The van der Waals surface area contributed by atoms with Crippen LogP contribution in [0.25, 0.3) is 0 Å². The molecule has 0 bridgehead atoms. The number of ether oxygens (including phenoxy) is 2. The van der Waals surface area contributed by atoms with Gasteiger partial charge in [-0.1, -0.05) is 11.6 Å². The summed E-state index contributed by atoms with van der Waals surface area (Å²) in [6.07, 6.45) is 1.55. The van der Waals surface area contributed by atoms with Gasteiger partial charge in [-0.25, -0.2) is 4.98 Å². The molecule has 1 aromatic heterocycles. The first-order valence-corrected chi connectivity index (χ1v) is 7.99. The molecule has 6 nitrogen and oxygen atoms in total. The number of methoxy groups -OCH3 is 1. The minimum atomic E-state index is -0.309. The Morgan fingerprint density at radius 2 is 2.12 bits per heavy atom. The largest absolute Gasteiger partial charge is 0.497 e. The van der Waals surface area contributed by atoms with E-state index in [4.69, 9.17) is 21.1 Å². The summed E-state index contributed by atoms with van der Waals surface area (Å²) in [5, 5.41) is 3.09. The highest BCUT2D eigenvalue weighted by atomic mass is 35.5. The number of hydrogen-bond donors (Lipinski definition) is 1. The molecule has 1 fully saturated rings. The zero-order valence-electron chi connectivity index (χ0n) is 13.3. The lowest BCUT2D eigenvalue weighted by molar-refractivity contribution is 0.102. The number of pyridine rings is 1. The van der Waals surface area contributed by atoms with Gasteiger partial charge in [-0.05, 0) is 24.3 Å².